The van der Waals surface area contributed by atoms with Crippen LogP contribution < -0.4 is 0 Å². The van der Waals surface area contributed by atoms with Gasteiger partial charge in [-0.05, 0) is 30.9 Å². The van der Waals surface area contributed by atoms with E-state index in [1.807, 2.05) is 0 Å². The van der Waals surface area contributed by atoms with Crippen LogP contribution in [0.2, 0.25) is 0 Å². The van der Waals surface area contributed by atoms with Crippen molar-refractivity contribution in [2.75, 3.05) is 0 Å². The Morgan fingerprint density at radius 2 is 1.72 bits per heavy atom. The molecule has 1 fully saturated rings. The van der Waals surface area contributed by atoms with E-state index in [0.29, 0.717) is 12.8 Å². The number of hydrogen-bond acceptors (Lipinski definition) is 4. The van der Waals surface area contributed by atoms with E-state index in [1.54, 1.807) is 6.07 Å². The smallest absolute Gasteiger partial charge is 0.361 e. The molecule has 1 heterocycles. The van der Waals surface area contributed by atoms with Gasteiger partial charge in [-0.3, -0.25) is 0 Å². The molecule has 0 aromatic heterocycles. The first-order chi connectivity index (χ1) is 11.7. The van der Waals surface area contributed by atoms with Crippen LogP contribution in [0.3, 0.4) is 0 Å². The van der Waals surface area contributed by atoms with Crippen LogP contribution >= 0.6 is 0 Å². The van der Waals surface area contributed by atoms with Gasteiger partial charge in [0.1, 0.15) is 0 Å². The van der Waals surface area contributed by atoms with Gasteiger partial charge in [0, 0.05) is 12.1 Å². The summed E-state index contributed by atoms with van der Waals surface area (Å²) in [5.74, 6) is -0.224. The van der Waals surface area contributed by atoms with E-state index in [4.69, 9.17) is 0 Å². The minimum absolute atomic E-state index is 0.110. The van der Waals surface area contributed by atoms with Crippen molar-refractivity contribution in [3.63, 3.8) is 0 Å². The summed E-state index contributed by atoms with van der Waals surface area (Å²) in [7, 11) is -4.63. The van der Waals surface area contributed by atoms with E-state index < -0.39 is 28.3 Å². The summed E-state index contributed by atoms with van der Waals surface area (Å²) in [6.45, 7) is 0. The Bertz CT molecular complexity index is 759. The molecule has 9 heteroatoms. The maximum atomic E-state index is 13.6. The Morgan fingerprint density at radius 3 is 2.28 bits per heavy atom. The highest BCUT2D eigenvalue weighted by atomic mass is 32.2. The molecular weight excluding hydrogens is 357 g/mol. The van der Waals surface area contributed by atoms with Crippen molar-refractivity contribution >= 4 is 15.7 Å². The Hall–Kier alpha value is -1.61. The van der Waals surface area contributed by atoms with Crippen LogP contribution in [0.25, 0.3) is 0 Å². The fraction of sp³-hybridized carbons (Fsp3) is 0.562. The number of hydrazone groups is 1. The van der Waals surface area contributed by atoms with Gasteiger partial charge in [0.15, 0.2) is 0 Å². The molecule has 1 atom stereocenters. The van der Waals surface area contributed by atoms with Crippen molar-refractivity contribution < 1.29 is 26.7 Å². The number of hydrogen-bond donors (Lipinski definition) is 1. The molecule has 138 valence electrons. The van der Waals surface area contributed by atoms with Crippen molar-refractivity contribution in [3.8, 4) is 0 Å². The molecule has 1 aliphatic heterocycles. The normalized spacial score (nSPS) is 25.9. The monoisotopic (exact) mass is 376 g/mol. The van der Waals surface area contributed by atoms with Crippen LogP contribution in [-0.4, -0.2) is 35.6 Å². The molecule has 1 aromatic carbocycles. The summed E-state index contributed by atoms with van der Waals surface area (Å²) in [6, 6.07) is 6.72. The molecule has 3 rings (SSSR count). The van der Waals surface area contributed by atoms with Gasteiger partial charge < -0.3 is 5.11 Å². The third kappa shape index (κ3) is 3.15. The van der Waals surface area contributed by atoms with Gasteiger partial charge in [0.25, 0.3) is 15.7 Å². The molecule has 1 saturated carbocycles. The number of benzene rings is 1. The fourth-order valence-electron chi connectivity index (χ4n) is 3.37. The minimum atomic E-state index is -5.16. The Kier molecular flexibility index (Phi) is 4.57. The molecule has 5 nitrogen and oxygen atoms in total. The molecule has 1 N–H and O–H groups in total. The number of halogens is 3. The number of aliphatic hydroxyl groups is 1. The first-order valence-corrected chi connectivity index (χ1v) is 9.57. The number of rotatable bonds is 3. The van der Waals surface area contributed by atoms with Gasteiger partial charge in [-0.15, -0.1) is 4.41 Å². The van der Waals surface area contributed by atoms with E-state index >= 15 is 0 Å². The summed E-state index contributed by atoms with van der Waals surface area (Å²) in [5, 5.41) is 14.1. The van der Waals surface area contributed by atoms with Gasteiger partial charge in [-0.25, -0.2) is 0 Å². The van der Waals surface area contributed by atoms with E-state index in [0.717, 1.165) is 19.3 Å². The Labute approximate surface area is 144 Å². The van der Waals surface area contributed by atoms with Crippen LogP contribution in [0, 0.1) is 5.92 Å². The van der Waals surface area contributed by atoms with E-state index in [1.165, 1.54) is 24.3 Å². The largest absolute Gasteiger partial charge is 0.439 e. The average Bonchev–Trinajstić information content (AvgIpc) is 2.96. The van der Waals surface area contributed by atoms with E-state index in [9.17, 15) is 26.7 Å². The first-order valence-electron chi connectivity index (χ1n) is 8.13. The third-order valence-electron chi connectivity index (χ3n) is 4.76. The SMILES string of the molecule is O=S(=O)(c1ccccc1)N1N=C(C2CCCCC2)C[C@@]1(O)C(F)(F)F. The van der Waals surface area contributed by atoms with Gasteiger partial charge in [-0.1, -0.05) is 37.5 Å². The number of alkyl halides is 3. The maximum Gasteiger partial charge on any atom is 0.439 e. The zero-order chi connectivity index (χ0) is 18.3. The highest BCUT2D eigenvalue weighted by molar-refractivity contribution is 7.89. The molecule has 0 radical (unpaired) electrons. The summed E-state index contributed by atoms with van der Waals surface area (Å²) in [6.07, 6.45) is -1.96. The average molecular weight is 376 g/mol. The lowest BCUT2D eigenvalue weighted by Gasteiger charge is -2.33. The summed E-state index contributed by atoms with van der Waals surface area (Å²) in [5.41, 5.74) is -3.44. The molecule has 0 saturated heterocycles. The highest BCUT2D eigenvalue weighted by Gasteiger charge is 2.65. The van der Waals surface area contributed by atoms with Gasteiger partial charge >= 0.3 is 6.18 Å². The van der Waals surface area contributed by atoms with E-state index in [-0.39, 0.29) is 20.9 Å². The zero-order valence-corrected chi connectivity index (χ0v) is 14.2. The fourth-order valence-corrected chi connectivity index (χ4v) is 4.85. The Balaban J connectivity index is 2.04. The second-order valence-corrected chi connectivity index (χ2v) is 8.25. The molecule has 0 unspecified atom stereocenters. The lowest BCUT2D eigenvalue weighted by molar-refractivity contribution is -0.291. The van der Waals surface area contributed by atoms with Crippen molar-refractivity contribution in [2.45, 2.75) is 55.3 Å². The lowest BCUT2D eigenvalue weighted by Crippen LogP contribution is -2.56. The van der Waals surface area contributed by atoms with Crippen molar-refractivity contribution in [1.29, 1.82) is 0 Å². The molecular formula is C16H19F3N2O3S. The second-order valence-electron chi connectivity index (χ2n) is 6.48. The van der Waals surface area contributed by atoms with E-state index in [2.05, 4.69) is 5.10 Å². The predicted octanol–water partition coefficient (Wildman–Crippen LogP) is 3.27. The topological polar surface area (TPSA) is 70.0 Å². The van der Waals surface area contributed by atoms with Gasteiger partial charge in [0.2, 0.25) is 0 Å². The predicted molar refractivity (Wildman–Crippen MR) is 85.1 cm³/mol. The molecule has 0 amide bonds. The second kappa shape index (κ2) is 6.28. The van der Waals surface area contributed by atoms with Crippen LogP contribution in [0.5, 0.6) is 0 Å². The highest BCUT2D eigenvalue weighted by Crippen LogP contribution is 2.45. The molecule has 1 aromatic rings. The lowest BCUT2D eigenvalue weighted by atomic mass is 9.83. The van der Waals surface area contributed by atoms with Crippen molar-refractivity contribution in [2.24, 2.45) is 11.0 Å². The maximum absolute atomic E-state index is 13.6. The third-order valence-corrected chi connectivity index (χ3v) is 6.47. The van der Waals surface area contributed by atoms with Crippen LogP contribution in [0.1, 0.15) is 38.5 Å². The summed E-state index contributed by atoms with van der Waals surface area (Å²) in [4.78, 5) is -0.341. The van der Waals surface area contributed by atoms with Crippen LogP contribution in [0.15, 0.2) is 40.3 Å². The minimum Gasteiger partial charge on any atom is -0.361 e. The first kappa shape index (κ1) is 18.2. The Morgan fingerprint density at radius 1 is 1.12 bits per heavy atom. The number of sulfonamides is 1. The summed E-state index contributed by atoms with van der Waals surface area (Å²) >= 11 is 0. The zero-order valence-electron chi connectivity index (χ0n) is 13.4. The van der Waals surface area contributed by atoms with Crippen molar-refractivity contribution in [1.82, 2.24) is 4.41 Å². The quantitative estimate of drug-likeness (QED) is 0.880. The van der Waals surface area contributed by atoms with Crippen molar-refractivity contribution in [3.05, 3.63) is 30.3 Å². The molecule has 25 heavy (non-hydrogen) atoms. The molecule has 0 bridgehead atoms. The standard InChI is InChI=1S/C16H19F3N2O3S/c17-16(18,19)15(22)11-14(12-7-3-1-4-8-12)20-21(15)25(23,24)13-9-5-2-6-10-13/h2,5-6,9-10,12,22H,1,3-4,7-8,11H2/t15-/m1/s1. The van der Waals surface area contributed by atoms with Crippen LogP contribution in [0.4, 0.5) is 13.2 Å². The molecule has 0 spiro atoms. The number of nitrogens with zero attached hydrogens (tertiary/aromatic N) is 2. The van der Waals surface area contributed by atoms with Gasteiger partial charge in [-0.2, -0.15) is 26.7 Å². The molecule has 2 aliphatic rings. The summed E-state index contributed by atoms with van der Waals surface area (Å²) < 4.78 is 65.9. The van der Waals surface area contributed by atoms with Gasteiger partial charge in [0.05, 0.1) is 4.90 Å². The molecule has 1 aliphatic carbocycles. The van der Waals surface area contributed by atoms with Crippen LogP contribution in [-0.2, 0) is 10.0 Å².